The van der Waals surface area contributed by atoms with Crippen LogP contribution in [0.1, 0.15) is 27.4 Å². The Hall–Kier alpha value is -3.42. The van der Waals surface area contributed by atoms with Crippen LogP contribution in [0.3, 0.4) is 0 Å². The summed E-state index contributed by atoms with van der Waals surface area (Å²) in [5, 5.41) is 19.9. The van der Waals surface area contributed by atoms with Crippen molar-refractivity contribution in [2.75, 3.05) is 5.32 Å². The van der Waals surface area contributed by atoms with Gasteiger partial charge in [-0.05, 0) is 43.7 Å². The van der Waals surface area contributed by atoms with E-state index in [0.29, 0.717) is 12.2 Å². The van der Waals surface area contributed by atoms with Gasteiger partial charge in [-0.25, -0.2) is 4.79 Å². The lowest BCUT2D eigenvalue weighted by atomic mass is 10.2. The van der Waals surface area contributed by atoms with Gasteiger partial charge in [0.15, 0.2) is 5.69 Å². The first-order chi connectivity index (χ1) is 12.4. The number of hydrogen-bond acceptors (Lipinski definition) is 4. The number of nitrogens with zero attached hydrogens (tertiary/aromatic N) is 4. The standard InChI is InChI=1S/C18H19N5O3/c1-12-8-13(2)23(20-12)10-14-4-3-5-15(9-14)19-17(24)11-22-7-6-16(21-22)18(25)26/h3-9H,10-11H2,1-2H3,(H,19,24)(H,25,26). The highest BCUT2D eigenvalue weighted by Gasteiger charge is 2.10. The van der Waals surface area contributed by atoms with Crippen molar-refractivity contribution in [3.8, 4) is 0 Å². The SMILES string of the molecule is Cc1cc(C)n(Cc2cccc(NC(=O)Cn3ccc(C(=O)O)n3)c2)n1. The van der Waals surface area contributed by atoms with Gasteiger partial charge >= 0.3 is 5.97 Å². The molecule has 0 unspecified atom stereocenters. The summed E-state index contributed by atoms with van der Waals surface area (Å²) in [5.74, 6) is -1.41. The number of rotatable bonds is 6. The summed E-state index contributed by atoms with van der Waals surface area (Å²) < 4.78 is 3.20. The number of aromatic carboxylic acids is 1. The molecule has 0 aliphatic carbocycles. The zero-order valence-corrected chi connectivity index (χ0v) is 14.5. The predicted molar refractivity (Wildman–Crippen MR) is 95.1 cm³/mol. The van der Waals surface area contributed by atoms with E-state index < -0.39 is 5.97 Å². The lowest BCUT2D eigenvalue weighted by Crippen LogP contribution is -2.19. The molecule has 0 spiro atoms. The van der Waals surface area contributed by atoms with Crippen molar-refractivity contribution in [3.05, 3.63) is 65.2 Å². The van der Waals surface area contributed by atoms with Crippen molar-refractivity contribution in [3.63, 3.8) is 0 Å². The molecule has 134 valence electrons. The third-order valence-corrected chi connectivity index (χ3v) is 3.81. The Balaban J connectivity index is 1.65. The number of anilines is 1. The molecule has 8 heteroatoms. The van der Waals surface area contributed by atoms with Crippen LogP contribution in [0.2, 0.25) is 0 Å². The Morgan fingerprint density at radius 3 is 2.62 bits per heavy atom. The molecule has 3 aromatic rings. The summed E-state index contributed by atoms with van der Waals surface area (Å²) >= 11 is 0. The predicted octanol–water partition coefficient (Wildman–Crippen LogP) is 2.08. The molecule has 1 aromatic carbocycles. The molecular weight excluding hydrogens is 334 g/mol. The summed E-state index contributed by atoms with van der Waals surface area (Å²) in [5.41, 5.74) is 3.63. The van der Waals surface area contributed by atoms with E-state index in [1.54, 1.807) is 6.07 Å². The second-order valence-electron chi connectivity index (χ2n) is 6.04. The minimum Gasteiger partial charge on any atom is -0.476 e. The number of carboxylic acids is 1. The number of carbonyl (C=O) groups is 2. The maximum atomic E-state index is 12.2. The molecule has 0 aliphatic heterocycles. The second-order valence-corrected chi connectivity index (χ2v) is 6.04. The summed E-state index contributed by atoms with van der Waals surface area (Å²) in [4.78, 5) is 23.0. The molecular formula is C18H19N5O3. The van der Waals surface area contributed by atoms with Gasteiger partial charge in [0, 0.05) is 17.6 Å². The molecule has 0 radical (unpaired) electrons. The van der Waals surface area contributed by atoms with Crippen LogP contribution >= 0.6 is 0 Å². The maximum absolute atomic E-state index is 12.2. The third kappa shape index (κ3) is 4.15. The van der Waals surface area contributed by atoms with Crippen molar-refractivity contribution in [1.29, 1.82) is 0 Å². The highest BCUT2D eigenvalue weighted by atomic mass is 16.4. The van der Waals surface area contributed by atoms with Crippen LogP contribution in [-0.4, -0.2) is 36.5 Å². The van der Waals surface area contributed by atoms with Gasteiger partial charge in [-0.3, -0.25) is 14.2 Å². The van der Waals surface area contributed by atoms with Crippen molar-refractivity contribution < 1.29 is 14.7 Å². The number of carboxylic acid groups (broad SMARTS) is 1. The van der Waals surface area contributed by atoms with E-state index in [1.807, 2.05) is 42.8 Å². The number of carbonyl (C=O) groups excluding carboxylic acids is 1. The highest BCUT2D eigenvalue weighted by Crippen LogP contribution is 2.13. The van der Waals surface area contributed by atoms with Gasteiger partial charge in [-0.1, -0.05) is 12.1 Å². The normalized spacial score (nSPS) is 10.7. The van der Waals surface area contributed by atoms with Crippen LogP contribution in [0.15, 0.2) is 42.6 Å². The monoisotopic (exact) mass is 353 g/mol. The molecule has 2 N–H and O–H groups in total. The van der Waals surface area contributed by atoms with Crippen LogP contribution in [-0.2, 0) is 17.9 Å². The van der Waals surface area contributed by atoms with Crippen LogP contribution in [0, 0.1) is 13.8 Å². The molecule has 26 heavy (non-hydrogen) atoms. The van der Waals surface area contributed by atoms with Gasteiger partial charge in [0.1, 0.15) is 6.54 Å². The number of benzene rings is 1. The molecule has 0 saturated carbocycles. The molecule has 2 aromatic heterocycles. The molecule has 3 rings (SSSR count). The molecule has 0 aliphatic rings. The van der Waals surface area contributed by atoms with E-state index in [9.17, 15) is 9.59 Å². The summed E-state index contributed by atoms with van der Waals surface area (Å²) in [7, 11) is 0. The lowest BCUT2D eigenvalue weighted by molar-refractivity contribution is -0.116. The molecule has 2 heterocycles. The number of amides is 1. The molecule has 0 saturated heterocycles. The average molecular weight is 353 g/mol. The van der Waals surface area contributed by atoms with Crippen LogP contribution in [0.5, 0.6) is 0 Å². The molecule has 0 bridgehead atoms. The van der Waals surface area contributed by atoms with Crippen molar-refractivity contribution in [1.82, 2.24) is 19.6 Å². The Bertz CT molecular complexity index is 957. The van der Waals surface area contributed by atoms with E-state index in [2.05, 4.69) is 15.5 Å². The van der Waals surface area contributed by atoms with E-state index in [-0.39, 0.29) is 18.1 Å². The Kier molecular flexibility index (Phi) is 4.83. The molecule has 0 fully saturated rings. The van der Waals surface area contributed by atoms with Gasteiger partial charge in [-0.2, -0.15) is 10.2 Å². The largest absolute Gasteiger partial charge is 0.476 e. The second kappa shape index (κ2) is 7.22. The molecule has 0 atom stereocenters. The first-order valence-electron chi connectivity index (χ1n) is 8.07. The van der Waals surface area contributed by atoms with Crippen molar-refractivity contribution in [2.24, 2.45) is 0 Å². The van der Waals surface area contributed by atoms with Gasteiger partial charge in [0.25, 0.3) is 0 Å². The maximum Gasteiger partial charge on any atom is 0.356 e. The number of aromatic nitrogens is 4. The van der Waals surface area contributed by atoms with E-state index >= 15 is 0 Å². The summed E-state index contributed by atoms with van der Waals surface area (Å²) in [6.07, 6.45) is 1.46. The van der Waals surface area contributed by atoms with Crippen LogP contribution in [0.4, 0.5) is 5.69 Å². The quantitative estimate of drug-likeness (QED) is 0.706. The number of hydrogen-bond donors (Lipinski definition) is 2. The third-order valence-electron chi connectivity index (χ3n) is 3.81. The van der Waals surface area contributed by atoms with Crippen LogP contribution in [0.25, 0.3) is 0 Å². The zero-order valence-electron chi connectivity index (χ0n) is 14.5. The zero-order chi connectivity index (χ0) is 18.7. The Morgan fingerprint density at radius 2 is 1.96 bits per heavy atom. The molecule has 1 amide bonds. The minimum absolute atomic E-state index is 0.0605. The van der Waals surface area contributed by atoms with Gasteiger partial charge < -0.3 is 10.4 Å². The van der Waals surface area contributed by atoms with Crippen molar-refractivity contribution in [2.45, 2.75) is 26.9 Å². The first kappa shape index (κ1) is 17.4. The average Bonchev–Trinajstić information content (AvgIpc) is 3.14. The van der Waals surface area contributed by atoms with E-state index in [4.69, 9.17) is 5.11 Å². The van der Waals surface area contributed by atoms with E-state index in [0.717, 1.165) is 17.0 Å². The first-order valence-corrected chi connectivity index (χ1v) is 8.07. The Labute approximate surface area is 150 Å². The number of aryl methyl sites for hydroxylation is 2. The van der Waals surface area contributed by atoms with Crippen molar-refractivity contribution >= 4 is 17.6 Å². The summed E-state index contributed by atoms with van der Waals surface area (Å²) in [6.45, 7) is 4.51. The van der Waals surface area contributed by atoms with Gasteiger partial charge in [-0.15, -0.1) is 0 Å². The highest BCUT2D eigenvalue weighted by molar-refractivity contribution is 5.90. The topological polar surface area (TPSA) is 102 Å². The number of nitrogens with one attached hydrogen (secondary N) is 1. The fourth-order valence-corrected chi connectivity index (χ4v) is 2.67. The van der Waals surface area contributed by atoms with Gasteiger partial charge in [0.05, 0.1) is 12.2 Å². The summed E-state index contributed by atoms with van der Waals surface area (Å²) in [6, 6.07) is 10.9. The Morgan fingerprint density at radius 1 is 1.15 bits per heavy atom. The molecule has 8 nitrogen and oxygen atoms in total. The fourth-order valence-electron chi connectivity index (χ4n) is 2.67. The lowest BCUT2D eigenvalue weighted by Gasteiger charge is -2.09. The van der Waals surface area contributed by atoms with E-state index in [1.165, 1.54) is 16.9 Å². The smallest absolute Gasteiger partial charge is 0.356 e. The van der Waals surface area contributed by atoms with Crippen LogP contribution < -0.4 is 5.32 Å². The fraction of sp³-hybridized carbons (Fsp3) is 0.222. The van der Waals surface area contributed by atoms with Gasteiger partial charge in [0.2, 0.25) is 5.91 Å². The minimum atomic E-state index is -1.12.